The summed E-state index contributed by atoms with van der Waals surface area (Å²) in [5, 5.41) is 4.43. The lowest BCUT2D eigenvalue weighted by molar-refractivity contribution is 0.0447. The molecule has 0 radical (unpaired) electrons. The average molecular weight is 399 g/mol. The number of benzene rings is 2. The standard InChI is InChI=1S/C23H27ClN2O2/c1-27-11-8-18-5-3-7-21-20(18)15-23(9-12-28-13-10-23)22(26-21)25-16-17-4-2-6-19(24)14-17/h2-7,14H,8-13,15-16H2,1H3,(H,25,26). The van der Waals surface area contributed by atoms with Gasteiger partial charge in [0.25, 0.3) is 0 Å². The quantitative estimate of drug-likeness (QED) is 0.779. The number of nitrogens with zero attached hydrogens (tertiary/aromatic N) is 1. The van der Waals surface area contributed by atoms with Crippen molar-refractivity contribution >= 4 is 23.1 Å². The summed E-state index contributed by atoms with van der Waals surface area (Å²) >= 11 is 6.14. The van der Waals surface area contributed by atoms with E-state index in [1.807, 2.05) is 18.2 Å². The Morgan fingerprint density at radius 3 is 2.79 bits per heavy atom. The van der Waals surface area contributed by atoms with Gasteiger partial charge < -0.3 is 14.8 Å². The second-order valence-corrected chi connectivity index (χ2v) is 8.11. The van der Waals surface area contributed by atoms with Crippen LogP contribution in [0.2, 0.25) is 5.02 Å². The summed E-state index contributed by atoms with van der Waals surface area (Å²) < 4.78 is 11.0. The van der Waals surface area contributed by atoms with Crippen molar-refractivity contribution in [3.8, 4) is 0 Å². The molecule has 2 aliphatic rings. The summed E-state index contributed by atoms with van der Waals surface area (Å²) in [5.41, 5.74) is 5.10. The zero-order valence-corrected chi connectivity index (χ0v) is 17.1. The highest BCUT2D eigenvalue weighted by atomic mass is 35.5. The summed E-state index contributed by atoms with van der Waals surface area (Å²) in [6, 6.07) is 14.4. The van der Waals surface area contributed by atoms with Crippen molar-refractivity contribution in [2.45, 2.75) is 32.2 Å². The Hall–Kier alpha value is -1.88. The van der Waals surface area contributed by atoms with Crippen LogP contribution in [-0.4, -0.2) is 32.8 Å². The zero-order valence-electron chi connectivity index (χ0n) is 16.3. The summed E-state index contributed by atoms with van der Waals surface area (Å²) in [5.74, 6) is 1.09. The van der Waals surface area contributed by atoms with Gasteiger partial charge in [-0.15, -0.1) is 0 Å². The highest BCUT2D eigenvalue weighted by Crippen LogP contribution is 2.43. The van der Waals surface area contributed by atoms with Gasteiger partial charge in [-0.1, -0.05) is 35.9 Å². The van der Waals surface area contributed by atoms with Crippen LogP contribution < -0.4 is 5.32 Å². The van der Waals surface area contributed by atoms with Crippen LogP contribution in [0.1, 0.15) is 29.5 Å². The van der Waals surface area contributed by atoms with Crippen LogP contribution in [0.25, 0.3) is 0 Å². The van der Waals surface area contributed by atoms with Gasteiger partial charge in [0.1, 0.15) is 5.84 Å². The van der Waals surface area contributed by atoms with Crippen LogP contribution in [0.3, 0.4) is 0 Å². The van der Waals surface area contributed by atoms with E-state index < -0.39 is 0 Å². The van der Waals surface area contributed by atoms with E-state index in [1.165, 1.54) is 16.8 Å². The monoisotopic (exact) mass is 398 g/mol. The molecule has 2 aromatic carbocycles. The van der Waals surface area contributed by atoms with Gasteiger partial charge in [-0.3, -0.25) is 4.99 Å². The number of hydrogen-bond donors (Lipinski definition) is 1. The molecule has 28 heavy (non-hydrogen) atoms. The minimum atomic E-state index is 0.0208. The first-order chi connectivity index (χ1) is 13.7. The molecule has 0 amide bonds. The Kier molecular flexibility index (Phi) is 6.00. The molecule has 0 bridgehead atoms. The third-order valence-corrected chi connectivity index (χ3v) is 6.11. The maximum Gasteiger partial charge on any atom is 0.108 e. The molecule has 2 heterocycles. The zero-order chi connectivity index (χ0) is 19.4. The summed E-state index contributed by atoms with van der Waals surface area (Å²) in [6.07, 6.45) is 3.93. The number of ether oxygens (including phenoxy) is 2. The number of fused-ring (bicyclic) bond motifs is 1. The fourth-order valence-electron chi connectivity index (χ4n) is 4.28. The van der Waals surface area contributed by atoms with E-state index in [1.54, 1.807) is 7.11 Å². The minimum Gasteiger partial charge on any atom is -0.384 e. The van der Waals surface area contributed by atoms with Crippen molar-refractivity contribution in [2.75, 3.05) is 32.2 Å². The lowest BCUT2D eigenvalue weighted by Crippen LogP contribution is -2.46. The second kappa shape index (κ2) is 8.64. The predicted molar refractivity (Wildman–Crippen MR) is 114 cm³/mol. The molecule has 0 unspecified atom stereocenters. The first kappa shape index (κ1) is 19.4. The Morgan fingerprint density at radius 2 is 2.00 bits per heavy atom. The van der Waals surface area contributed by atoms with Crippen molar-refractivity contribution in [3.05, 3.63) is 64.2 Å². The van der Waals surface area contributed by atoms with Gasteiger partial charge in [0.15, 0.2) is 0 Å². The molecule has 2 aromatic rings. The molecule has 0 atom stereocenters. The predicted octanol–water partition coefficient (Wildman–Crippen LogP) is 4.89. The number of halogens is 1. The van der Waals surface area contributed by atoms with Crippen molar-refractivity contribution in [1.82, 2.24) is 0 Å². The van der Waals surface area contributed by atoms with E-state index in [9.17, 15) is 0 Å². The van der Waals surface area contributed by atoms with E-state index in [-0.39, 0.29) is 5.41 Å². The highest BCUT2D eigenvalue weighted by molar-refractivity contribution is 6.30. The molecule has 1 spiro atoms. The van der Waals surface area contributed by atoms with Gasteiger partial charge in [-0.2, -0.15) is 0 Å². The lowest BCUT2D eigenvalue weighted by atomic mass is 9.70. The van der Waals surface area contributed by atoms with E-state index in [0.717, 1.165) is 61.9 Å². The minimum absolute atomic E-state index is 0.0208. The van der Waals surface area contributed by atoms with Crippen LogP contribution in [0.4, 0.5) is 5.69 Å². The topological polar surface area (TPSA) is 42.9 Å². The van der Waals surface area contributed by atoms with Crippen LogP contribution in [0.15, 0.2) is 47.5 Å². The van der Waals surface area contributed by atoms with Gasteiger partial charge >= 0.3 is 0 Å². The molecular formula is C23H27ClN2O2. The number of nitrogens with one attached hydrogen (secondary N) is 1. The SMILES string of the molecule is COCCc1cccc2c1CC1(CCOCC1)C(=NCc1cccc(Cl)c1)N2. The molecule has 4 rings (SSSR count). The first-order valence-corrected chi connectivity index (χ1v) is 10.3. The summed E-state index contributed by atoms with van der Waals surface area (Å²) in [6.45, 7) is 2.94. The Bertz CT molecular complexity index is 859. The second-order valence-electron chi connectivity index (χ2n) is 7.68. The molecule has 1 fully saturated rings. The fourth-order valence-corrected chi connectivity index (χ4v) is 4.49. The Labute approximate surface area is 171 Å². The van der Waals surface area contributed by atoms with E-state index in [0.29, 0.717) is 6.54 Å². The Morgan fingerprint density at radius 1 is 1.18 bits per heavy atom. The highest BCUT2D eigenvalue weighted by Gasteiger charge is 2.42. The maximum atomic E-state index is 6.14. The van der Waals surface area contributed by atoms with Crippen molar-refractivity contribution < 1.29 is 9.47 Å². The van der Waals surface area contributed by atoms with Crippen LogP contribution in [-0.2, 0) is 28.9 Å². The van der Waals surface area contributed by atoms with Gasteiger partial charge in [0, 0.05) is 36.4 Å². The smallest absolute Gasteiger partial charge is 0.108 e. The molecule has 0 saturated carbocycles. The van der Waals surface area contributed by atoms with E-state index in [4.69, 9.17) is 26.1 Å². The van der Waals surface area contributed by atoms with Crippen molar-refractivity contribution in [3.63, 3.8) is 0 Å². The summed E-state index contributed by atoms with van der Waals surface area (Å²) in [7, 11) is 1.76. The number of rotatable bonds is 5. The van der Waals surface area contributed by atoms with Gasteiger partial charge in [0.2, 0.25) is 0 Å². The van der Waals surface area contributed by atoms with Gasteiger partial charge in [-0.25, -0.2) is 0 Å². The van der Waals surface area contributed by atoms with Crippen molar-refractivity contribution in [2.24, 2.45) is 10.4 Å². The number of anilines is 1. The van der Waals surface area contributed by atoms with Crippen molar-refractivity contribution in [1.29, 1.82) is 0 Å². The molecule has 4 nitrogen and oxygen atoms in total. The molecule has 1 saturated heterocycles. The van der Waals surface area contributed by atoms with Crippen LogP contribution in [0, 0.1) is 5.41 Å². The molecular weight excluding hydrogens is 372 g/mol. The summed E-state index contributed by atoms with van der Waals surface area (Å²) in [4.78, 5) is 5.03. The number of hydrogen-bond acceptors (Lipinski definition) is 3. The third-order valence-electron chi connectivity index (χ3n) is 5.88. The Balaban J connectivity index is 1.67. The number of amidine groups is 1. The molecule has 1 N–H and O–H groups in total. The molecule has 148 valence electrons. The largest absolute Gasteiger partial charge is 0.384 e. The van der Waals surface area contributed by atoms with Crippen LogP contribution >= 0.6 is 11.6 Å². The fraction of sp³-hybridized carbons (Fsp3) is 0.435. The normalized spacial score (nSPS) is 19.4. The lowest BCUT2D eigenvalue weighted by Gasteiger charge is -2.43. The van der Waals surface area contributed by atoms with Crippen LogP contribution in [0.5, 0.6) is 0 Å². The molecule has 5 heteroatoms. The maximum absolute atomic E-state index is 6.14. The van der Waals surface area contributed by atoms with Gasteiger partial charge in [-0.05, 0) is 60.6 Å². The first-order valence-electron chi connectivity index (χ1n) is 9.94. The average Bonchev–Trinajstić information content (AvgIpc) is 2.71. The number of methoxy groups -OCH3 is 1. The number of aliphatic imine (C=N–C) groups is 1. The molecule has 0 aliphatic carbocycles. The van der Waals surface area contributed by atoms with E-state index in [2.05, 4.69) is 29.6 Å². The third kappa shape index (κ3) is 4.09. The van der Waals surface area contributed by atoms with Gasteiger partial charge in [0.05, 0.1) is 13.2 Å². The van der Waals surface area contributed by atoms with E-state index >= 15 is 0 Å². The molecule has 0 aromatic heterocycles. The molecule has 2 aliphatic heterocycles.